The highest BCUT2D eigenvalue weighted by atomic mass is 35.5. The largest absolute Gasteiger partial charge is 0.495 e. The minimum Gasteiger partial charge on any atom is -0.495 e. The molecular formula is C31H31Cl3N8O2. The first-order chi connectivity index (χ1) is 21.2. The summed E-state index contributed by atoms with van der Waals surface area (Å²) < 4.78 is 7.53. The Morgan fingerprint density at radius 3 is 2.68 bits per heavy atom. The predicted molar refractivity (Wildman–Crippen MR) is 174 cm³/mol. The summed E-state index contributed by atoms with van der Waals surface area (Å²) in [4.78, 5) is 23.7. The van der Waals surface area contributed by atoms with E-state index in [1.54, 1.807) is 18.1 Å². The number of ether oxygens (including phenoxy) is 1. The number of amides is 1. The molecule has 10 nitrogen and oxygen atoms in total. The number of likely N-dealkylation sites (tertiary alicyclic amines) is 1. The molecule has 0 radical (unpaired) electrons. The number of para-hydroxylation sites is 1. The van der Waals surface area contributed by atoms with Crippen LogP contribution >= 0.6 is 34.8 Å². The number of carbonyl (C=O) groups excluding carboxylic acids is 1. The highest BCUT2D eigenvalue weighted by Gasteiger charge is 2.36. The number of halogens is 3. The average molecular weight is 654 g/mol. The molecule has 0 aliphatic carbocycles. The fourth-order valence-electron chi connectivity index (χ4n) is 6.30. The van der Waals surface area contributed by atoms with E-state index in [1.807, 2.05) is 22.9 Å². The van der Waals surface area contributed by atoms with Gasteiger partial charge in [-0.25, -0.2) is 9.67 Å². The van der Waals surface area contributed by atoms with E-state index in [2.05, 4.69) is 46.9 Å². The van der Waals surface area contributed by atoms with Gasteiger partial charge in [-0.2, -0.15) is 5.26 Å². The topological polar surface area (TPSA) is 103 Å². The summed E-state index contributed by atoms with van der Waals surface area (Å²) in [5.41, 5.74) is 3.19. The number of aromatic nitrogens is 4. The van der Waals surface area contributed by atoms with Crippen LogP contribution < -0.4 is 9.64 Å². The smallest absolute Gasteiger partial charge is 0.246 e. The van der Waals surface area contributed by atoms with E-state index in [1.165, 1.54) is 6.08 Å². The third-order valence-corrected chi connectivity index (χ3v) is 9.69. The molecule has 0 N–H and O–H groups in total. The number of hydrogen-bond donors (Lipinski definition) is 0. The number of piperidine rings is 1. The second-order valence-electron chi connectivity index (χ2n) is 11.4. The Bertz CT molecular complexity index is 1830. The third kappa shape index (κ3) is 5.02. The molecule has 4 aromatic rings. The van der Waals surface area contributed by atoms with Gasteiger partial charge >= 0.3 is 0 Å². The molecular weight excluding hydrogens is 623 g/mol. The molecule has 4 heterocycles. The molecule has 0 spiro atoms. The van der Waals surface area contributed by atoms with Crippen molar-refractivity contribution >= 4 is 68.5 Å². The molecule has 2 aliphatic heterocycles. The lowest BCUT2D eigenvalue weighted by molar-refractivity contribution is -0.130. The monoisotopic (exact) mass is 652 g/mol. The minimum absolute atomic E-state index is 0.123. The van der Waals surface area contributed by atoms with E-state index in [0.717, 1.165) is 18.6 Å². The standard InChI is InChI=1S/C31H31Cl3N8O2/c1-5-24(43)41-12-10-18(13-17(41)9-11-35)42-29-21-14-23(33)25(20-7-6-8-22(32)30(20)44-4)26(34)27(21)36-31(28(29)37-38-42)40-15-19(16-40)39(2)3/h5-8,14,17-19H,1,9-10,12-13,15-16H2,2-4H3/t17-,18+/m1/s1. The van der Waals surface area contributed by atoms with Crippen LogP contribution in [-0.2, 0) is 4.79 Å². The lowest BCUT2D eigenvalue weighted by Gasteiger charge is -2.43. The number of carbonyl (C=O) groups is 1. The second-order valence-corrected chi connectivity index (χ2v) is 12.6. The van der Waals surface area contributed by atoms with Crippen LogP contribution in [0.25, 0.3) is 33.1 Å². The van der Waals surface area contributed by atoms with Gasteiger partial charge in [0, 0.05) is 48.2 Å². The maximum Gasteiger partial charge on any atom is 0.246 e. The van der Waals surface area contributed by atoms with Crippen LogP contribution in [0, 0.1) is 11.3 Å². The Labute approximate surface area is 270 Å². The van der Waals surface area contributed by atoms with Gasteiger partial charge in [0.05, 0.1) is 46.2 Å². The molecule has 13 heteroatoms. The van der Waals surface area contributed by atoms with Crippen LogP contribution in [0.15, 0.2) is 36.9 Å². The van der Waals surface area contributed by atoms with Crippen LogP contribution in [0.1, 0.15) is 25.3 Å². The molecule has 2 fully saturated rings. The summed E-state index contributed by atoms with van der Waals surface area (Å²) in [6, 6.07) is 9.48. The van der Waals surface area contributed by atoms with Gasteiger partial charge in [-0.05, 0) is 45.1 Å². The Morgan fingerprint density at radius 2 is 2.00 bits per heavy atom. The SMILES string of the molecule is C=CC(=O)N1CC[C@H](n2nnc3c(N4CC(N(C)C)C4)nc4c(Cl)c(-c5cccc(Cl)c5OC)c(Cl)cc4c32)C[C@H]1CC#N. The summed E-state index contributed by atoms with van der Waals surface area (Å²) in [5, 5.41) is 20.7. The maximum absolute atomic E-state index is 12.6. The molecule has 44 heavy (non-hydrogen) atoms. The van der Waals surface area contributed by atoms with Crippen molar-refractivity contribution in [1.82, 2.24) is 29.8 Å². The lowest BCUT2D eigenvalue weighted by atomic mass is 9.94. The summed E-state index contributed by atoms with van der Waals surface area (Å²) in [5.74, 6) is 0.976. The summed E-state index contributed by atoms with van der Waals surface area (Å²) in [6.45, 7) is 5.66. The number of nitriles is 1. The first-order valence-electron chi connectivity index (χ1n) is 14.3. The van der Waals surface area contributed by atoms with Gasteiger partial charge in [-0.1, -0.05) is 58.7 Å². The van der Waals surface area contributed by atoms with Gasteiger partial charge in [0.25, 0.3) is 0 Å². The first kappa shape index (κ1) is 30.4. The molecule has 2 saturated heterocycles. The van der Waals surface area contributed by atoms with Crippen LogP contribution in [0.4, 0.5) is 5.82 Å². The van der Waals surface area contributed by atoms with Gasteiger partial charge in [0.2, 0.25) is 5.91 Å². The third-order valence-electron chi connectivity index (χ3n) is 8.72. The maximum atomic E-state index is 12.6. The quantitative estimate of drug-likeness (QED) is 0.224. The number of pyridine rings is 1. The van der Waals surface area contributed by atoms with Crippen LogP contribution in [0.5, 0.6) is 5.75 Å². The van der Waals surface area contributed by atoms with Crippen molar-refractivity contribution < 1.29 is 9.53 Å². The van der Waals surface area contributed by atoms with Gasteiger partial charge < -0.3 is 19.4 Å². The zero-order chi connectivity index (χ0) is 31.3. The Morgan fingerprint density at radius 1 is 1.23 bits per heavy atom. The van der Waals surface area contributed by atoms with E-state index in [-0.39, 0.29) is 24.4 Å². The Kier molecular flexibility index (Phi) is 8.33. The Hall–Kier alpha value is -3.62. The highest BCUT2D eigenvalue weighted by Crippen LogP contribution is 2.47. The van der Waals surface area contributed by atoms with Crippen molar-refractivity contribution in [2.45, 2.75) is 37.4 Å². The number of nitrogens with zero attached hydrogens (tertiary/aromatic N) is 8. The van der Waals surface area contributed by atoms with Gasteiger partial charge in [-0.15, -0.1) is 5.10 Å². The van der Waals surface area contributed by atoms with Crippen molar-refractivity contribution in [3.05, 3.63) is 52.0 Å². The summed E-state index contributed by atoms with van der Waals surface area (Å²) in [7, 11) is 5.68. The average Bonchev–Trinajstić information content (AvgIpc) is 3.42. The molecule has 2 aromatic carbocycles. The van der Waals surface area contributed by atoms with Gasteiger partial charge in [0.1, 0.15) is 11.3 Å². The van der Waals surface area contributed by atoms with Crippen molar-refractivity contribution in [2.75, 3.05) is 45.7 Å². The van der Waals surface area contributed by atoms with E-state index in [9.17, 15) is 10.1 Å². The van der Waals surface area contributed by atoms with E-state index >= 15 is 0 Å². The molecule has 6 rings (SSSR count). The molecule has 0 saturated carbocycles. The second kappa shape index (κ2) is 12.1. The zero-order valence-electron chi connectivity index (χ0n) is 24.6. The number of fused-ring (bicyclic) bond motifs is 3. The van der Waals surface area contributed by atoms with Crippen molar-refractivity contribution in [1.29, 1.82) is 5.26 Å². The predicted octanol–water partition coefficient (Wildman–Crippen LogP) is 6.00. The van der Waals surface area contributed by atoms with Crippen molar-refractivity contribution in [2.24, 2.45) is 0 Å². The number of hydrogen-bond acceptors (Lipinski definition) is 8. The summed E-state index contributed by atoms with van der Waals surface area (Å²) in [6.07, 6.45) is 2.67. The number of anilines is 1. The molecule has 1 amide bonds. The van der Waals surface area contributed by atoms with E-state index < -0.39 is 0 Å². The highest BCUT2D eigenvalue weighted by molar-refractivity contribution is 6.44. The molecule has 228 valence electrons. The van der Waals surface area contributed by atoms with Gasteiger partial charge in [-0.3, -0.25) is 4.79 Å². The fraction of sp³-hybridized carbons (Fsp3) is 0.387. The summed E-state index contributed by atoms with van der Waals surface area (Å²) >= 11 is 20.7. The number of rotatable bonds is 7. The molecule has 0 bridgehead atoms. The Balaban J connectivity index is 1.55. The molecule has 2 aromatic heterocycles. The van der Waals surface area contributed by atoms with E-state index in [4.69, 9.17) is 44.5 Å². The molecule has 2 atom stereocenters. The lowest BCUT2D eigenvalue weighted by Crippen LogP contribution is -2.57. The van der Waals surface area contributed by atoms with E-state index in [0.29, 0.717) is 79.6 Å². The van der Waals surface area contributed by atoms with Crippen LogP contribution in [0.2, 0.25) is 15.1 Å². The zero-order valence-corrected chi connectivity index (χ0v) is 26.9. The van der Waals surface area contributed by atoms with Crippen molar-refractivity contribution in [3.8, 4) is 22.9 Å². The van der Waals surface area contributed by atoms with Crippen LogP contribution in [0.3, 0.4) is 0 Å². The normalized spacial score (nSPS) is 19.0. The fourth-order valence-corrected chi connectivity index (χ4v) is 7.25. The number of likely N-dealkylation sites (N-methyl/N-ethyl adjacent to an activating group) is 1. The van der Waals surface area contributed by atoms with Crippen molar-refractivity contribution in [3.63, 3.8) is 0 Å². The molecule has 2 aliphatic rings. The molecule has 0 unspecified atom stereocenters. The number of methoxy groups -OCH3 is 1. The number of benzene rings is 2. The first-order valence-corrected chi connectivity index (χ1v) is 15.4. The van der Waals surface area contributed by atoms with Crippen LogP contribution in [-0.4, -0.2) is 88.6 Å². The minimum atomic E-state index is -0.277. The van der Waals surface area contributed by atoms with Gasteiger partial charge in [0.15, 0.2) is 11.3 Å².